The summed E-state index contributed by atoms with van der Waals surface area (Å²) in [5.74, 6) is 2.44. The molecule has 2 N–H and O–H groups in total. The summed E-state index contributed by atoms with van der Waals surface area (Å²) in [6.45, 7) is 5.62. The lowest BCUT2D eigenvalue weighted by Gasteiger charge is -2.33. The molecule has 0 aliphatic carbocycles. The molecule has 1 aromatic carbocycles. The van der Waals surface area contributed by atoms with Crippen molar-refractivity contribution < 1.29 is 9.47 Å². The molecule has 29 heavy (non-hydrogen) atoms. The first kappa shape index (κ1) is 23.6. The van der Waals surface area contributed by atoms with Crippen LogP contribution in [0.15, 0.2) is 40.7 Å². The minimum atomic E-state index is 0. The third-order valence-corrected chi connectivity index (χ3v) is 5.83. The van der Waals surface area contributed by atoms with Gasteiger partial charge in [-0.3, -0.25) is 0 Å². The molecular formula is C21H31IN4O2S. The fourth-order valence-corrected chi connectivity index (χ4v) is 4.14. The maximum atomic E-state index is 5.48. The lowest BCUT2D eigenvalue weighted by atomic mass is 10.1. The van der Waals surface area contributed by atoms with Gasteiger partial charge in [0, 0.05) is 37.3 Å². The molecule has 1 fully saturated rings. The molecule has 2 aromatic rings. The summed E-state index contributed by atoms with van der Waals surface area (Å²) in [4.78, 5) is 7.24. The molecule has 6 nitrogen and oxygen atoms in total. The van der Waals surface area contributed by atoms with E-state index in [0.29, 0.717) is 12.6 Å². The smallest absolute Gasteiger partial charge is 0.191 e. The number of thiophene rings is 1. The Hall–Kier alpha value is -1.68. The number of guanidine groups is 1. The third kappa shape index (κ3) is 6.67. The Morgan fingerprint density at radius 3 is 2.62 bits per heavy atom. The Morgan fingerprint density at radius 1 is 1.21 bits per heavy atom. The van der Waals surface area contributed by atoms with Crippen LogP contribution in [0, 0.1) is 0 Å². The number of hydrogen-bond acceptors (Lipinski definition) is 5. The maximum Gasteiger partial charge on any atom is 0.191 e. The van der Waals surface area contributed by atoms with E-state index in [4.69, 9.17) is 14.5 Å². The number of aliphatic imine (C=N–C) groups is 1. The van der Waals surface area contributed by atoms with Crippen LogP contribution in [0.2, 0.25) is 0 Å². The van der Waals surface area contributed by atoms with Crippen LogP contribution in [-0.4, -0.2) is 45.9 Å². The van der Waals surface area contributed by atoms with Gasteiger partial charge >= 0.3 is 0 Å². The fraction of sp³-hybridized carbons (Fsp3) is 0.476. The molecular weight excluding hydrogens is 499 g/mol. The highest BCUT2D eigenvalue weighted by molar-refractivity contribution is 14.0. The van der Waals surface area contributed by atoms with Crippen molar-refractivity contribution in [2.45, 2.75) is 32.4 Å². The van der Waals surface area contributed by atoms with E-state index in [9.17, 15) is 0 Å². The first-order chi connectivity index (χ1) is 13.7. The van der Waals surface area contributed by atoms with Gasteiger partial charge in [-0.05, 0) is 49.4 Å². The average molecular weight is 530 g/mol. The molecule has 1 saturated heterocycles. The zero-order valence-corrected chi connectivity index (χ0v) is 20.5. The van der Waals surface area contributed by atoms with Crippen LogP contribution >= 0.6 is 35.3 Å². The zero-order valence-electron chi connectivity index (χ0n) is 17.3. The quantitative estimate of drug-likeness (QED) is 0.321. The van der Waals surface area contributed by atoms with E-state index in [2.05, 4.69) is 40.0 Å². The standard InChI is InChI=1S/C21H30N4O2S.HI/c1-4-22-21(23-15-16-7-8-18(26-2)14-19(16)27-3)24-17-9-11-25(12-10-17)20-6-5-13-28-20;/h5-8,13-14,17H,4,9-12,15H2,1-3H3,(H2,22,23,24);1H. The molecule has 8 heteroatoms. The normalized spacial score (nSPS) is 14.9. The van der Waals surface area contributed by atoms with Crippen LogP contribution < -0.4 is 25.0 Å². The Labute approximate surface area is 194 Å². The second kappa shape index (κ2) is 12.1. The summed E-state index contributed by atoms with van der Waals surface area (Å²) in [5.41, 5.74) is 1.04. The predicted molar refractivity (Wildman–Crippen MR) is 132 cm³/mol. The number of rotatable bonds is 7. The maximum absolute atomic E-state index is 5.48. The average Bonchev–Trinajstić information content (AvgIpc) is 3.27. The SMILES string of the molecule is CCNC(=NCc1ccc(OC)cc1OC)NC1CCN(c2cccs2)CC1.I. The molecule has 0 bridgehead atoms. The molecule has 1 aromatic heterocycles. The summed E-state index contributed by atoms with van der Waals surface area (Å²) in [6, 6.07) is 10.6. The van der Waals surface area contributed by atoms with E-state index in [1.165, 1.54) is 5.00 Å². The summed E-state index contributed by atoms with van der Waals surface area (Å²) < 4.78 is 10.8. The van der Waals surface area contributed by atoms with E-state index in [1.54, 1.807) is 14.2 Å². The van der Waals surface area contributed by atoms with Crippen LogP contribution in [0.25, 0.3) is 0 Å². The number of anilines is 1. The topological polar surface area (TPSA) is 58.1 Å². The van der Waals surface area contributed by atoms with Crippen LogP contribution in [0.3, 0.4) is 0 Å². The fourth-order valence-electron chi connectivity index (χ4n) is 3.35. The van der Waals surface area contributed by atoms with Crippen molar-refractivity contribution in [3.8, 4) is 11.5 Å². The van der Waals surface area contributed by atoms with Crippen molar-refractivity contribution in [2.75, 3.05) is 38.8 Å². The number of nitrogens with one attached hydrogen (secondary N) is 2. The van der Waals surface area contributed by atoms with Gasteiger partial charge in [0.1, 0.15) is 11.5 Å². The van der Waals surface area contributed by atoms with Gasteiger partial charge in [0.05, 0.1) is 25.8 Å². The highest BCUT2D eigenvalue weighted by Gasteiger charge is 2.20. The van der Waals surface area contributed by atoms with Gasteiger partial charge in [-0.25, -0.2) is 4.99 Å². The highest BCUT2D eigenvalue weighted by atomic mass is 127. The first-order valence-electron chi connectivity index (χ1n) is 9.77. The number of benzene rings is 1. The second-order valence-electron chi connectivity index (χ2n) is 6.73. The predicted octanol–water partition coefficient (Wildman–Crippen LogP) is 4.11. The van der Waals surface area contributed by atoms with Crippen molar-refractivity contribution in [2.24, 2.45) is 4.99 Å². The Bertz CT molecular complexity index is 762. The van der Waals surface area contributed by atoms with Gasteiger partial charge in [0.2, 0.25) is 0 Å². The highest BCUT2D eigenvalue weighted by Crippen LogP contribution is 2.26. The molecule has 160 valence electrons. The molecule has 1 aliphatic rings. The van der Waals surface area contributed by atoms with E-state index in [1.807, 2.05) is 29.5 Å². The van der Waals surface area contributed by atoms with E-state index >= 15 is 0 Å². The van der Waals surface area contributed by atoms with Crippen molar-refractivity contribution in [3.63, 3.8) is 0 Å². The van der Waals surface area contributed by atoms with Crippen molar-refractivity contribution in [1.29, 1.82) is 0 Å². The molecule has 0 saturated carbocycles. The summed E-state index contributed by atoms with van der Waals surface area (Å²) in [7, 11) is 3.33. The van der Waals surface area contributed by atoms with Crippen LogP contribution in [0.4, 0.5) is 5.00 Å². The Balaban J connectivity index is 0.00000300. The minimum Gasteiger partial charge on any atom is -0.497 e. The molecule has 0 radical (unpaired) electrons. The summed E-state index contributed by atoms with van der Waals surface area (Å²) >= 11 is 1.81. The largest absolute Gasteiger partial charge is 0.497 e. The monoisotopic (exact) mass is 530 g/mol. The number of piperidine rings is 1. The van der Waals surface area contributed by atoms with Crippen LogP contribution in [0.1, 0.15) is 25.3 Å². The van der Waals surface area contributed by atoms with Gasteiger partial charge in [-0.15, -0.1) is 35.3 Å². The molecule has 0 atom stereocenters. The van der Waals surface area contributed by atoms with Crippen molar-refractivity contribution in [3.05, 3.63) is 41.3 Å². The van der Waals surface area contributed by atoms with Crippen LogP contribution in [0.5, 0.6) is 11.5 Å². The minimum absolute atomic E-state index is 0. The molecule has 0 unspecified atom stereocenters. The Morgan fingerprint density at radius 2 is 2.00 bits per heavy atom. The van der Waals surface area contributed by atoms with Gasteiger partial charge in [-0.1, -0.05) is 0 Å². The molecule has 0 spiro atoms. The Kier molecular flexibility index (Phi) is 9.86. The number of nitrogens with zero attached hydrogens (tertiary/aromatic N) is 2. The summed E-state index contributed by atoms with van der Waals surface area (Å²) in [6.07, 6.45) is 2.21. The third-order valence-electron chi connectivity index (χ3n) is 4.90. The molecule has 1 aliphatic heterocycles. The van der Waals surface area contributed by atoms with Crippen LogP contribution in [-0.2, 0) is 6.54 Å². The lowest BCUT2D eigenvalue weighted by Crippen LogP contribution is -2.48. The zero-order chi connectivity index (χ0) is 19.8. The lowest BCUT2D eigenvalue weighted by molar-refractivity contribution is 0.391. The van der Waals surface area contributed by atoms with Gasteiger partial charge < -0.3 is 25.0 Å². The van der Waals surface area contributed by atoms with E-state index in [0.717, 1.165) is 55.5 Å². The first-order valence-corrected chi connectivity index (χ1v) is 10.7. The van der Waals surface area contributed by atoms with E-state index < -0.39 is 0 Å². The number of methoxy groups -OCH3 is 2. The second-order valence-corrected chi connectivity index (χ2v) is 7.66. The number of ether oxygens (including phenoxy) is 2. The van der Waals surface area contributed by atoms with Crippen molar-refractivity contribution >= 4 is 46.3 Å². The van der Waals surface area contributed by atoms with Gasteiger partial charge in [0.25, 0.3) is 0 Å². The number of hydrogen-bond donors (Lipinski definition) is 2. The van der Waals surface area contributed by atoms with Crippen molar-refractivity contribution in [1.82, 2.24) is 10.6 Å². The molecule has 3 rings (SSSR count). The summed E-state index contributed by atoms with van der Waals surface area (Å²) in [5, 5.41) is 10.5. The van der Waals surface area contributed by atoms with E-state index in [-0.39, 0.29) is 24.0 Å². The number of halogens is 1. The molecule has 2 heterocycles. The van der Waals surface area contributed by atoms with Gasteiger partial charge in [-0.2, -0.15) is 0 Å². The molecule has 0 amide bonds. The van der Waals surface area contributed by atoms with Gasteiger partial charge in [0.15, 0.2) is 5.96 Å².